The molecule has 2 N–H and O–H groups in total. The van der Waals surface area contributed by atoms with E-state index in [9.17, 15) is 13.2 Å². The van der Waals surface area contributed by atoms with Gasteiger partial charge in [0.25, 0.3) is 0 Å². The fourth-order valence-corrected chi connectivity index (χ4v) is 2.74. The van der Waals surface area contributed by atoms with Crippen molar-refractivity contribution >= 4 is 41.3 Å². The zero-order chi connectivity index (χ0) is 16.6. The third-order valence-corrected chi connectivity index (χ3v) is 3.91. The second-order valence-corrected chi connectivity index (χ2v) is 6.44. The van der Waals surface area contributed by atoms with Crippen molar-refractivity contribution in [2.45, 2.75) is 26.1 Å². The number of nitrogens with zero attached hydrogens (tertiary/aromatic N) is 2. The predicted octanol–water partition coefficient (Wildman–Crippen LogP) is 3.22. The van der Waals surface area contributed by atoms with Crippen molar-refractivity contribution in [1.82, 2.24) is 15.5 Å². The molecule has 0 spiro atoms. The van der Waals surface area contributed by atoms with Crippen molar-refractivity contribution in [2.75, 3.05) is 33.7 Å². The van der Waals surface area contributed by atoms with Crippen LogP contribution >= 0.6 is 35.3 Å². The standard InChI is InChI=1S/C14H23F3N4S.HI/c1-11-5-6-12(22-11)9-20-13(18-2)19-7-4-8-21(3)10-14(15,16)17;/h5-6H,4,7-10H2,1-3H3,(H2,18,19,20);1H. The minimum absolute atomic E-state index is 0. The van der Waals surface area contributed by atoms with Gasteiger partial charge in [-0.2, -0.15) is 13.2 Å². The highest BCUT2D eigenvalue weighted by Crippen LogP contribution is 2.15. The average molecular weight is 464 g/mol. The molecule has 1 aromatic rings. The first kappa shape index (κ1) is 22.4. The molecule has 0 aromatic carbocycles. The lowest BCUT2D eigenvalue weighted by molar-refractivity contribution is -0.143. The molecular formula is C14H24F3IN4S. The summed E-state index contributed by atoms with van der Waals surface area (Å²) in [7, 11) is 3.14. The number of nitrogens with one attached hydrogen (secondary N) is 2. The molecule has 0 bridgehead atoms. The van der Waals surface area contributed by atoms with Crippen molar-refractivity contribution in [1.29, 1.82) is 0 Å². The summed E-state index contributed by atoms with van der Waals surface area (Å²) < 4.78 is 36.5. The molecule has 0 aliphatic rings. The molecule has 23 heavy (non-hydrogen) atoms. The lowest BCUT2D eigenvalue weighted by Gasteiger charge is -2.18. The Morgan fingerprint density at radius 2 is 2.00 bits per heavy atom. The van der Waals surface area contributed by atoms with Gasteiger partial charge in [-0.05, 0) is 39.1 Å². The Labute approximate surface area is 156 Å². The van der Waals surface area contributed by atoms with Gasteiger partial charge in [-0.25, -0.2) is 0 Å². The molecule has 134 valence electrons. The summed E-state index contributed by atoms with van der Waals surface area (Å²) in [5.41, 5.74) is 0. The predicted molar refractivity (Wildman–Crippen MR) is 101 cm³/mol. The Balaban J connectivity index is 0.00000484. The molecule has 0 aliphatic heterocycles. The topological polar surface area (TPSA) is 39.7 Å². The van der Waals surface area contributed by atoms with Crippen molar-refractivity contribution in [3.8, 4) is 0 Å². The van der Waals surface area contributed by atoms with E-state index in [-0.39, 0.29) is 24.0 Å². The molecule has 4 nitrogen and oxygen atoms in total. The molecule has 0 fully saturated rings. The Hall–Kier alpha value is -0.550. The first-order chi connectivity index (χ1) is 10.3. The second kappa shape index (κ2) is 11.1. The van der Waals surface area contributed by atoms with Crippen LogP contribution in [0.15, 0.2) is 17.1 Å². The largest absolute Gasteiger partial charge is 0.401 e. The van der Waals surface area contributed by atoms with Crippen LogP contribution < -0.4 is 10.6 Å². The van der Waals surface area contributed by atoms with Crippen molar-refractivity contribution in [3.63, 3.8) is 0 Å². The SMILES string of the molecule is CN=C(NCCCN(C)CC(F)(F)F)NCc1ccc(C)s1.I. The van der Waals surface area contributed by atoms with Crippen LogP contribution in [0, 0.1) is 6.92 Å². The number of thiophene rings is 1. The van der Waals surface area contributed by atoms with Gasteiger partial charge in [-0.1, -0.05) is 0 Å². The van der Waals surface area contributed by atoms with Crippen LogP contribution in [0.3, 0.4) is 0 Å². The number of hydrogen-bond donors (Lipinski definition) is 2. The summed E-state index contributed by atoms with van der Waals surface area (Å²) in [4.78, 5) is 7.83. The highest BCUT2D eigenvalue weighted by atomic mass is 127. The number of aryl methyl sites for hydroxylation is 1. The normalized spacial score (nSPS) is 12.2. The van der Waals surface area contributed by atoms with E-state index in [4.69, 9.17) is 0 Å². The summed E-state index contributed by atoms with van der Waals surface area (Å²) >= 11 is 1.72. The van der Waals surface area contributed by atoms with Gasteiger partial charge in [0.2, 0.25) is 0 Å². The van der Waals surface area contributed by atoms with Crippen LogP contribution in [0.2, 0.25) is 0 Å². The molecule has 0 saturated carbocycles. The fraction of sp³-hybridized carbons (Fsp3) is 0.643. The minimum atomic E-state index is -4.14. The summed E-state index contributed by atoms with van der Waals surface area (Å²) in [5.74, 6) is 0.657. The number of rotatable bonds is 7. The summed E-state index contributed by atoms with van der Waals surface area (Å²) in [5, 5.41) is 6.28. The molecule has 0 atom stereocenters. The fourth-order valence-electron chi connectivity index (χ4n) is 1.91. The Morgan fingerprint density at radius 3 is 2.52 bits per heavy atom. The van der Waals surface area contributed by atoms with Crippen molar-refractivity contribution < 1.29 is 13.2 Å². The number of halogens is 4. The van der Waals surface area contributed by atoms with E-state index in [0.29, 0.717) is 32.0 Å². The molecule has 1 heterocycles. The van der Waals surface area contributed by atoms with E-state index >= 15 is 0 Å². The van der Waals surface area contributed by atoms with Gasteiger partial charge in [0.1, 0.15) is 0 Å². The summed E-state index contributed by atoms with van der Waals surface area (Å²) in [6.45, 7) is 2.82. The Kier molecular flexibility index (Phi) is 10.8. The molecular weight excluding hydrogens is 440 g/mol. The number of hydrogen-bond acceptors (Lipinski definition) is 3. The van der Waals surface area contributed by atoms with Crippen LogP contribution in [-0.4, -0.2) is 50.8 Å². The third-order valence-electron chi connectivity index (χ3n) is 2.91. The summed E-state index contributed by atoms with van der Waals surface area (Å²) in [6.07, 6.45) is -3.52. The molecule has 1 aromatic heterocycles. The van der Waals surface area contributed by atoms with Gasteiger partial charge in [-0.15, -0.1) is 35.3 Å². The number of guanidine groups is 1. The van der Waals surface area contributed by atoms with E-state index in [1.807, 2.05) is 0 Å². The van der Waals surface area contributed by atoms with Crippen LogP contribution in [0.5, 0.6) is 0 Å². The number of alkyl halides is 3. The van der Waals surface area contributed by atoms with Gasteiger partial charge in [-0.3, -0.25) is 9.89 Å². The van der Waals surface area contributed by atoms with Gasteiger partial charge in [0, 0.05) is 23.3 Å². The van der Waals surface area contributed by atoms with Gasteiger partial charge in [0.05, 0.1) is 13.1 Å². The van der Waals surface area contributed by atoms with E-state index in [2.05, 4.69) is 34.7 Å². The molecule has 1 rings (SSSR count). The zero-order valence-corrected chi connectivity index (χ0v) is 16.7. The molecule has 9 heteroatoms. The minimum Gasteiger partial charge on any atom is -0.356 e. The molecule has 0 amide bonds. The highest BCUT2D eigenvalue weighted by Gasteiger charge is 2.28. The van der Waals surface area contributed by atoms with E-state index in [1.165, 1.54) is 21.7 Å². The van der Waals surface area contributed by atoms with Crippen molar-refractivity contribution in [3.05, 3.63) is 21.9 Å². The zero-order valence-electron chi connectivity index (χ0n) is 13.5. The Bertz CT molecular complexity index is 477. The molecule has 0 aliphatic carbocycles. The van der Waals surface area contributed by atoms with Crippen LogP contribution in [-0.2, 0) is 6.54 Å². The average Bonchev–Trinajstić information content (AvgIpc) is 2.81. The summed E-state index contributed by atoms with van der Waals surface area (Å²) in [6, 6.07) is 4.13. The third kappa shape index (κ3) is 10.8. The monoisotopic (exact) mass is 464 g/mol. The van der Waals surface area contributed by atoms with Crippen LogP contribution in [0.25, 0.3) is 0 Å². The lowest BCUT2D eigenvalue weighted by atomic mass is 10.4. The number of aliphatic imine (C=N–C) groups is 1. The van der Waals surface area contributed by atoms with Crippen LogP contribution in [0.4, 0.5) is 13.2 Å². The maximum absolute atomic E-state index is 12.2. The first-order valence-corrected chi connectivity index (χ1v) is 7.87. The smallest absolute Gasteiger partial charge is 0.356 e. The van der Waals surface area contributed by atoms with E-state index < -0.39 is 12.7 Å². The molecule has 0 unspecified atom stereocenters. The maximum atomic E-state index is 12.2. The van der Waals surface area contributed by atoms with Gasteiger partial charge in [0.15, 0.2) is 5.96 Å². The second-order valence-electron chi connectivity index (χ2n) is 5.07. The molecule has 0 saturated heterocycles. The maximum Gasteiger partial charge on any atom is 0.401 e. The van der Waals surface area contributed by atoms with E-state index in [1.54, 1.807) is 18.4 Å². The lowest BCUT2D eigenvalue weighted by Crippen LogP contribution is -2.38. The highest BCUT2D eigenvalue weighted by molar-refractivity contribution is 14.0. The first-order valence-electron chi connectivity index (χ1n) is 7.05. The van der Waals surface area contributed by atoms with Gasteiger partial charge < -0.3 is 10.6 Å². The van der Waals surface area contributed by atoms with Crippen LogP contribution in [0.1, 0.15) is 16.2 Å². The molecule has 0 radical (unpaired) electrons. The quantitative estimate of drug-likeness (QED) is 0.282. The Morgan fingerprint density at radius 1 is 1.30 bits per heavy atom. The van der Waals surface area contributed by atoms with E-state index in [0.717, 1.165) is 0 Å². The van der Waals surface area contributed by atoms with Crippen molar-refractivity contribution in [2.24, 2.45) is 4.99 Å². The van der Waals surface area contributed by atoms with Gasteiger partial charge >= 0.3 is 6.18 Å².